The molecule has 0 aromatic rings. The third kappa shape index (κ3) is 1.46. The van der Waals surface area contributed by atoms with Crippen molar-refractivity contribution in [1.29, 1.82) is 0 Å². The second-order valence-corrected chi connectivity index (χ2v) is 2.21. The van der Waals surface area contributed by atoms with Crippen LogP contribution in [0.15, 0.2) is 0 Å². The first-order chi connectivity index (χ1) is 4.74. The Bertz CT molecular complexity index is 134. The number of carboxylic acids is 1. The summed E-state index contributed by atoms with van der Waals surface area (Å²) in [6.45, 7) is 0. The summed E-state index contributed by atoms with van der Waals surface area (Å²) in [6.07, 6.45) is 0.243. The van der Waals surface area contributed by atoms with Crippen LogP contribution < -0.4 is 0 Å². The molecule has 1 unspecified atom stereocenters. The van der Waals surface area contributed by atoms with Gasteiger partial charge in [0.05, 0.1) is 0 Å². The fourth-order valence-electron chi connectivity index (χ4n) is 0.962. The number of rotatable bonds is 2. The van der Waals surface area contributed by atoms with Crippen molar-refractivity contribution in [3.8, 4) is 0 Å². The topological polar surface area (TPSA) is 55.8 Å². The smallest absolute Gasteiger partial charge is 0.332 e. The second kappa shape index (κ2) is 2.98. The van der Waals surface area contributed by atoms with Gasteiger partial charge in [0.2, 0.25) is 0 Å². The SMILES string of the molecule is CO[C@H]1CCC(C(=O)O)O1. The average molecular weight is 146 g/mol. The predicted octanol–water partition coefficient (Wildman–Crippen LogP) is 0.222. The number of hydrogen-bond acceptors (Lipinski definition) is 3. The Balaban J connectivity index is 2.35. The number of ether oxygens (including phenoxy) is 2. The van der Waals surface area contributed by atoms with E-state index in [1.54, 1.807) is 0 Å². The van der Waals surface area contributed by atoms with Crippen molar-refractivity contribution in [1.82, 2.24) is 0 Å². The van der Waals surface area contributed by atoms with Gasteiger partial charge in [-0.15, -0.1) is 0 Å². The third-order valence-electron chi connectivity index (χ3n) is 1.52. The molecule has 1 heterocycles. The third-order valence-corrected chi connectivity index (χ3v) is 1.52. The van der Waals surface area contributed by atoms with Gasteiger partial charge >= 0.3 is 5.97 Å². The monoisotopic (exact) mass is 146 g/mol. The fraction of sp³-hybridized carbons (Fsp3) is 0.833. The molecule has 1 N–H and O–H groups in total. The summed E-state index contributed by atoms with van der Waals surface area (Å²) < 4.78 is 9.76. The van der Waals surface area contributed by atoms with Crippen LogP contribution in [-0.2, 0) is 14.3 Å². The summed E-state index contributed by atoms with van der Waals surface area (Å²) in [5.74, 6) is -0.903. The van der Waals surface area contributed by atoms with E-state index in [2.05, 4.69) is 0 Å². The Morgan fingerprint density at radius 1 is 1.70 bits per heavy atom. The minimum absolute atomic E-state index is 0.318. The Kier molecular flexibility index (Phi) is 2.24. The number of carbonyl (C=O) groups is 1. The molecular formula is C6H10O4. The molecule has 10 heavy (non-hydrogen) atoms. The van der Waals surface area contributed by atoms with Gasteiger partial charge in [-0.3, -0.25) is 0 Å². The molecule has 2 atom stereocenters. The zero-order chi connectivity index (χ0) is 7.56. The summed E-state index contributed by atoms with van der Waals surface area (Å²) in [5, 5.41) is 8.45. The second-order valence-electron chi connectivity index (χ2n) is 2.21. The quantitative estimate of drug-likeness (QED) is 0.605. The largest absolute Gasteiger partial charge is 0.479 e. The van der Waals surface area contributed by atoms with Crippen LogP contribution in [-0.4, -0.2) is 30.6 Å². The van der Waals surface area contributed by atoms with Gasteiger partial charge < -0.3 is 14.6 Å². The van der Waals surface area contributed by atoms with Gasteiger partial charge in [-0.2, -0.15) is 0 Å². The minimum Gasteiger partial charge on any atom is -0.479 e. The van der Waals surface area contributed by atoms with Gasteiger partial charge in [-0.25, -0.2) is 4.79 Å². The Morgan fingerprint density at radius 3 is 2.70 bits per heavy atom. The first-order valence-corrected chi connectivity index (χ1v) is 3.15. The van der Waals surface area contributed by atoms with Crippen LogP contribution >= 0.6 is 0 Å². The van der Waals surface area contributed by atoms with E-state index in [0.717, 1.165) is 0 Å². The normalized spacial score (nSPS) is 32.5. The number of carboxylic acid groups (broad SMARTS) is 1. The van der Waals surface area contributed by atoms with Crippen LogP contribution in [0.2, 0.25) is 0 Å². The Labute approximate surface area is 58.7 Å². The van der Waals surface area contributed by atoms with E-state index in [1.165, 1.54) is 7.11 Å². The van der Waals surface area contributed by atoms with Crippen LogP contribution in [0.4, 0.5) is 0 Å². The highest BCUT2D eigenvalue weighted by molar-refractivity contribution is 5.72. The van der Waals surface area contributed by atoms with Crippen LogP contribution in [0.5, 0.6) is 0 Å². The van der Waals surface area contributed by atoms with Crippen molar-refractivity contribution < 1.29 is 19.4 Å². The van der Waals surface area contributed by atoms with Crippen LogP contribution in [0, 0.1) is 0 Å². The minimum atomic E-state index is -0.903. The van der Waals surface area contributed by atoms with Crippen molar-refractivity contribution in [3.05, 3.63) is 0 Å². The molecule has 58 valence electrons. The molecule has 0 spiro atoms. The van der Waals surface area contributed by atoms with Crippen molar-refractivity contribution in [2.24, 2.45) is 0 Å². The molecule has 1 saturated heterocycles. The van der Waals surface area contributed by atoms with E-state index < -0.39 is 12.1 Å². The predicted molar refractivity (Wildman–Crippen MR) is 32.5 cm³/mol. The number of aliphatic carboxylic acids is 1. The van der Waals surface area contributed by atoms with E-state index in [0.29, 0.717) is 12.8 Å². The van der Waals surface area contributed by atoms with Crippen molar-refractivity contribution >= 4 is 5.97 Å². The molecule has 1 aliphatic heterocycles. The maximum atomic E-state index is 10.3. The summed E-state index contributed by atoms with van der Waals surface area (Å²) in [4.78, 5) is 10.3. The molecule has 1 aliphatic rings. The van der Waals surface area contributed by atoms with E-state index in [-0.39, 0.29) is 6.29 Å². The summed E-state index contributed by atoms with van der Waals surface area (Å²) in [6, 6.07) is 0. The molecular weight excluding hydrogens is 136 g/mol. The first kappa shape index (κ1) is 7.50. The molecule has 0 aliphatic carbocycles. The summed E-state index contributed by atoms with van der Waals surface area (Å²) in [5.41, 5.74) is 0. The van der Waals surface area contributed by atoms with E-state index in [9.17, 15) is 4.79 Å². The highest BCUT2D eigenvalue weighted by Crippen LogP contribution is 2.19. The van der Waals surface area contributed by atoms with Gasteiger partial charge in [0.25, 0.3) is 0 Å². The van der Waals surface area contributed by atoms with Gasteiger partial charge in [-0.05, 0) is 6.42 Å². The van der Waals surface area contributed by atoms with Gasteiger partial charge in [-0.1, -0.05) is 0 Å². The molecule has 0 amide bonds. The summed E-state index contributed by atoms with van der Waals surface area (Å²) >= 11 is 0. The average Bonchev–Trinajstić information content (AvgIpc) is 2.34. The lowest BCUT2D eigenvalue weighted by Crippen LogP contribution is -2.20. The number of hydrogen-bond donors (Lipinski definition) is 1. The molecule has 0 aromatic heterocycles. The zero-order valence-electron chi connectivity index (χ0n) is 5.74. The highest BCUT2D eigenvalue weighted by Gasteiger charge is 2.29. The highest BCUT2D eigenvalue weighted by atomic mass is 16.7. The zero-order valence-corrected chi connectivity index (χ0v) is 5.74. The van der Waals surface area contributed by atoms with Gasteiger partial charge in [0.15, 0.2) is 12.4 Å². The molecule has 1 fully saturated rings. The Hall–Kier alpha value is -0.610. The lowest BCUT2D eigenvalue weighted by molar-refractivity contribution is -0.163. The summed E-state index contributed by atoms with van der Waals surface area (Å²) in [7, 11) is 1.51. The van der Waals surface area contributed by atoms with E-state index >= 15 is 0 Å². The van der Waals surface area contributed by atoms with Crippen LogP contribution in [0.1, 0.15) is 12.8 Å². The lowest BCUT2D eigenvalue weighted by Gasteiger charge is -2.07. The molecule has 0 bridgehead atoms. The molecule has 0 saturated carbocycles. The molecule has 1 rings (SSSR count). The first-order valence-electron chi connectivity index (χ1n) is 3.15. The van der Waals surface area contributed by atoms with Crippen LogP contribution in [0.3, 0.4) is 0 Å². The van der Waals surface area contributed by atoms with Crippen molar-refractivity contribution in [3.63, 3.8) is 0 Å². The van der Waals surface area contributed by atoms with E-state index in [4.69, 9.17) is 14.6 Å². The van der Waals surface area contributed by atoms with Crippen molar-refractivity contribution in [2.45, 2.75) is 25.2 Å². The van der Waals surface area contributed by atoms with Crippen molar-refractivity contribution in [2.75, 3.05) is 7.11 Å². The lowest BCUT2D eigenvalue weighted by atomic mass is 10.2. The maximum absolute atomic E-state index is 10.3. The van der Waals surface area contributed by atoms with Gasteiger partial charge in [0, 0.05) is 13.5 Å². The molecule has 4 heteroatoms. The molecule has 0 radical (unpaired) electrons. The maximum Gasteiger partial charge on any atom is 0.332 e. The van der Waals surface area contributed by atoms with E-state index in [1.807, 2.05) is 0 Å². The Morgan fingerprint density at radius 2 is 2.40 bits per heavy atom. The standard InChI is InChI=1S/C6H10O4/c1-9-5-3-2-4(10-5)6(7)8/h4-5H,2-3H2,1H3,(H,7,8)/t4?,5-/m1/s1. The molecule has 0 aromatic carbocycles. The number of methoxy groups -OCH3 is 1. The fourth-order valence-corrected chi connectivity index (χ4v) is 0.962. The van der Waals surface area contributed by atoms with Gasteiger partial charge in [0.1, 0.15) is 0 Å². The molecule has 4 nitrogen and oxygen atoms in total. The van der Waals surface area contributed by atoms with Crippen LogP contribution in [0.25, 0.3) is 0 Å².